The Bertz CT molecular complexity index is 952. The fourth-order valence-corrected chi connectivity index (χ4v) is 4.91. The van der Waals surface area contributed by atoms with Crippen molar-refractivity contribution in [3.05, 3.63) is 76.3 Å². The second kappa shape index (κ2) is 8.09. The molecule has 0 spiro atoms. The topological polar surface area (TPSA) is 56.6 Å². The third-order valence-corrected chi connectivity index (χ3v) is 6.32. The number of fused-ring (bicyclic) bond motifs is 1. The van der Waals surface area contributed by atoms with E-state index >= 15 is 0 Å². The van der Waals surface area contributed by atoms with Crippen LogP contribution in [0.15, 0.2) is 65.2 Å². The number of carbonyl (C=O) groups is 1. The smallest absolute Gasteiger partial charge is 0.229 e. The van der Waals surface area contributed by atoms with Crippen molar-refractivity contribution in [2.24, 2.45) is 0 Å². The first kappa shape index (κ1) is 18.6. The maximum Gasteiger partial charge on any atom is 0.229 e. The summed E-state index contributed by atoms with van der Waals surface area (Å²) >= 11 is 1.57. The summed E-state index contributed by atoms with van der Waals surface area (Å²) < 4.78 is 5.47. The zero-order chi connectivity index (χ0) is 19.5. The summed E-state index contributed by atoms with van der Waals surface area (Å²) in [5, 5.41) is 10.7. The molecule has 0 radical (unpaired) electrons. The monoisotopic (exact) mass is 391 g/mol. The number of benzene rings is 2. The lowest BCUT2D eigenvalue weighted by Gasteiger charge is -2.41. The molecule has 5 nitrogen and oxygen atoms in total. The Hall–Kier alpha value is -2.75. The van der Waals surface area contributed by atoms with E-state index in [1.54, 1.807) is 23.8 Å². The van der Waals surface area contributed by atoms with Crippen LogP contribution >= 0.6 is 11.8 Å². The van der Waals surface area contributed by atoms with Gasteiger partial charge in [0.05, 0.1) is 36.3 Å². The van der Waals surface area contributed by atoms with Gasteiger partial charge >= 0.3 is 0 Å². The van der Waals surface area contributed by atoms with E-state index in [1.807, 2.05) is 42.5 Å². The van der Waals surface area contributed by atoms with Crippen LogP contribution in [0.1, 0.15) is 23.5 Å². The number of nitriles is 1. The van der Waals surface area contributed by atoms with Crippen molar-refractivity contribution < 1.29 is 9.53 Å². The van der Waals surface area contributed by atoms with Gasteiger partial charge in [0.15, 0.2) is 0 Å². The first-order chi connectivity index (χ1) is 13.7. The van der Waals surface area contributed by atoms with Crippen LogP contribution < -0.4 is 4.74 Å². The molecule has 2 aliphatic heterocycles. The van der Waals surface area contributed by atoms with Gasteiger partial charge in [-0.2, -0.15) is 5.26 Å². The molecule has 0 aliphatic carbocycles. The highest BCUT2D eigenvalue weighted by Crippen LogP contribution is 2.44. The number of thioether (sulfide) groups is 1. The van der Waals surface area contributed by atoms with Crippen molar-refractivity contribution >= 4 is 17.7 Å². The number of amides is 1. The highest BCUT2D eigenvalue weighted by Gasteiger charge is 2.39. The molecule has 0 aromatic heterocycles. The molecular weight excluding hydrogens is 370 g/mol. The predicted octanol–water partition coefficient (Wildman–Crippen LogP) is 3.91. The van der Waals surface area contributed by atoms with Gasteiger partial charge in [0.1, 0.15) is 5.75 Å². The van der Waals surface area contributed by atoms with Crippen LogP contribution in [-0.4, -0.2) is 35.4 Å². The van der Waals surface area contributed by atoms with Crippen molar-refractivity contribution in [2.45, 2.75) is 18.9 Å². The molecule has 2 heterocycles. The Kier molecular flexibility index (Phi) is 5.38. The van der Waals surface area contributed by atoms with E-state index in [-0.39, 0.29) is 18.2 Å². The molecule has 2 aromatic carbocycles. The lowest BCUT2D eigenvalue weighted by molar-refractivity contribution is -0.131. The lowest BCUT2D eigenvalue weighted by atomic mass is 9.86. The Balaban J connectivity index is 1.62. The number of hydrogen-bond donors (Lipinski definition) is 0. The zero-order valence-electron chi connectivity index (χ0n) is 15.7. The van der Waals surface area contributed by atoms with Crippen molar-refractivity contribution in [2.75, 3.05) is 19.7 Å². The summed E-state index contributed by atoms with van der Waals surface area (Å²) in [5.41, 5.74) is 2.77. The number of methoxy groups -OCH3 is 1. The fourth-order valence-electron chi connectivity index (χ4n) is 3.77. The number of nitrogens with zero attached hydrogens (tertiary/aromatic N) is 3. The van der Waals surface area contributed by atoms with Crippen LogP contribution in [-0.2, 0) is 11.3 Å². The molecule has 1 saturated heterocycles. The SMILES string of the molecule is COc1ccccc1[C@@H]1CC(=O)N2CN(Cc3ccccc3)CSC2=C1C#N. The van der Waals surface area contributed by atoms with E-state index < -0.39 is 0 Å². The molecule has 4 rings (SSSR count). The summed E-state index contributed by atoms with van der Waals surface area (Å²) in [6.45, 7) is 1.29. The van der Waals surface area contributed by atoms with Crippen molar-refractivity contribution in [3.8, 4) is 11.8 Å². The molecule has 0 unspecified atom stereocenters. The molecule has 142 valence electrons. The van der Waals surface area contributed by atoms with E-state index in [1.165, 1.54) is 5.56 Å². The number of carbonyl (C=O) groups excluding carboxylic acids is 1. The van der Waals surface area contributed by atoms with E-state index in [0.717, 1.165) is 23.0 Å². The van der Waals surface area contributed by atoms with E-state index in [0.29, 0.717) is 18.0 Å². The molecule has 0 saturated carbocycles. The molecule has 1 fully saturated rings. The lowest BCUT2D eigenvalue weighted by Crippen LogP contribution is -2.46. The Morgan fingerprint density at radius 2 is 1.93 bits per heavy atom. The Labute approximate surface area is 169 Å². The van der Waals surface area contributed by atoms with Crippen LogP contribution in [0.25, 0.3) is 0 Å². The number of allylic oxidation sites excluding steroid dienone is 1. The minimum absolute atomic E-state index is 0.0511. The largest absolute Gasteiger partial charge is 0.496 e. The Morgan fingerprint density at radius 1 is 1.18 bits per heavy atom. The highest BCUT2D eigenvalue weighted by molar-refractivity contribution is 8.03. The second-order valence-electron chi connectivity index (χ2n) is 6.88. The van der Waals surface area contributed by atoms with Crippen LogP contribution in [0.5, 0.6) is 5.75 Å². The zero-order valence-corrected chi connectivity index (χ0v) is 16.5. The average molecular weight is 391 g/mol. The normalized spacial score (nSPS) is 19.9. The van der Waals surface area contributed by atoms with E-state index in [4.69, 9.17) is 4.74 Å². The van der Waals surface area contributed by atoms with Crippen molar-refractivity contribution in [3.63, 3.8) is 0 Å². The number of para-hydroxylation sites is 1. The standard InChI is InChI=1S/C22H21N3O2S/c1-27-20-10-6-5-9-17(20)18-11-21(26)25-14-24(13-16-7-3-2-4-8-16)15-28-22(25)19(18)12-23/h2-10,18H,11,13-15H2,1H3/t18-/m0/s1. The molecule has 0 N–H and O–H groups in total. The first-order valence-corrected chi connectivity index (χ1v) is 10.2. The van der Waals surface area contributed by atoms with Gasteiger partial charge in [-0.3, -0.25) is 14.6 Å². The van der Waals surface area contributed by atoms with Gasteiger partial charge < -0.3 is 4.74 Å². The summed E-state index contributed by atoms with van der Waals surface area (Å²) in [5.74, 6) is 1.26. The second-order valence-corrected chi connectivity index (χ2v) is 7.81. The van der Waals surface area contributed by atoms with Gasteiger partial charge in [-0.05, 0) is 11.6 Å². The van der Waals surface area contributed by atoms with E-state index in [9.17, 15) is 10.1 Å². The fraction of sp³-hybridized carbons (Fsp3) is 0.273. The first-order valence-electron chi connectivity index (χ1n) is 9.18. The molecule has 1 amide bonds. The van der Waals surface area contributed by atoms with Gasteiger partial charge in [0.25, 0.3) is 0 Å². The summed E-state index contributed by atoms with van der Waals surface area (Å²) in [4.78, 5) is 17.0. The quantitative estimate of drug-likeness (QED) is 0.791. The molecule has 2 aromatic rings. The van der Waals surface area contributed by atoms with Crippen LogP contribution in [0.3, 0.4) is 0 Å². The van der Waals surface area contributed by atoms with Crippen molar-refractivity contribution in [1.29, 1.82) is 5.26 Å². The van der Waals surface area contributed by atoms with E-state index in [2.05, 4.69) is 23.1 Å². The third-order valence-electron chi connectivity index (χ3n) is 5.11. The van der Waals surface area contributed by atoms with Crippen LogP contribution in [0.2, 0.25) is 0 Å². The summed E-state index contributed by atoms with van der Waals surface area (Å²) in [6.07, 6.45) is 0.284. The average Bonchev–Trinajstić information content (AvgIpc) is 2.74. The minimum atomic E-state index is -0.256. The summed E-state index contributed by atoms with van der Waals surface area (Å²) in [7, 11) is 1.62. The maximum absolute atomic E-state index is 13.0. The van der Waals surface area contributed by atoms with Crippen LogP contribution in [0.4, 0.5) is 0 Å². The third kappa shape index (κ3) is 3.51. The van der Waals surface area contributed by atoms with Crippen LogP contribution in [0, 0.1) is 11.3 Å². The molecule has 0 bridgehead atoms. The van der Waals surface area contributed by atoms with Gasteiger partial charge in [-0.15, -0.1) is 0 Å². The Morgan fingerprint density at radius 3 is 2.68 bits per heavy atom. The molecule has 2 aliphatic rings. The molecular formula is C22H21N3O2S. The summed E-state index contributed by atoms with van der Waals surface area (Å²) in [6, 6.07) is 20.2. The molecule has 28 heavy (non-hydrogen) atoms. The van der Waals surface area contributed by atoms with Gasteiger partial charge in [0, 0.05) is 24.4 Å². The highest BCUT2D eigenvalue weighted by atomic mass is 32.2. The predicted molar refractivity (Wildman–Crippen MR) is 109 cm³/mol. The maximum atomic E-state index is 13.0. The molecule has 1 atom stereocenters. The van der Waals surface area contributed by atoms with Gasteiger partial charge in [-0.1, -0.05) is 60.3 Å². The van der Waals surface area contributed by atoms with Gasteiger partial charge in [0.2, 0.25) is 5.91 Å². The minimum Gasteiger partial charge on any atom is -0.496 e. The molecule has 6 heteroatoms. The number of rotatable bonds is 4. The van der Waals surface area contributed by atoms with Gasteiger partial charge in [-0.25, -0.2) is 0 Å². The number of hydrogen-bond acceptors (Lipinski definition) is 5. The van der Waals surface area contributed by atoms with Crippen molar-refractivity contribution in [1.82, 2.24) is 9.80 Å². The number of ether oxygens (including phenoxy) is 1.